The van der Waals surface area contributed by atoms with Gasteiger partial charge in [0.15, 0.2) is 29.4 Å². The largest absolute Gasteiger partial charge is 0.431 e. The van der Waals surface area contributed by atoms with Crippen LogP contribution in [0.3, 0.4) is 0 Å². The fourth-order valence-electron chi connectivity index (χ4n) is 4.22. The maximum absolute atomic E-state index is 14.8. The summed E-state index contributed by atoms with van der Waals surface area (Å²) in [5.41, 5.74) is 0.137. The zero-order valence-corrected chi connectivity index (χ0v) is 20.0. The van der Waals surface area contributed by atoms with Crippen LogP contribution in [0, 0.1) is 23.3 Å². The summed E-state index contributed by atoms with van der Waals surface area (Å²) in [5.74, 6) is -8.49. The summed E-state index contributed by atoms with van der Waals surface area (Å²) in [6.45, 7) is 1.40. The Kier molecular flexibility index (Phi) is 8.10. The van der Waals surface area contributed by atoms with Gasteiger partial charge in [0.2, 0.25) is 0 Å². The molecule has 1 aliphatic heterocycles. The number of ether oxygens (including phenoxy) is 2. The maximum Gasteiger partial charge on any atom is 0.424 e. The zero-order valence-electron chi connectivity index (χ0n) is 20.0. The van der Waals surface area contributed by atoms with Gasteiger partial charge in [0, 0.05) is 23.1 Å². The Morgan fingerprint density at radius 3 is 2.11 bits per heavy atom. The Balaban J connectivity index is 1.40. The summed E-state index contributed by atoms with van der Waals surface area (Å²) in [5, 5.41) is 0. The zero-order chi connectivity index (χ0) is 27.6. The predicted octanol–water partition coefficient (Wildman–Crippen LogP) is 8.86. The van der Waals surface area contributed by atoms with Crippen molar-refractivity contribution >= 4 is 5.83 Å². The molecule has 0 saturated carbocycles. The van der Waals surface area contributed by atoms with E-state index in [1.165, 1.54) is 19.1 Å². The van der Waals surface area contributed by atoms with E-state index in [2.05, 4.69) is 0 Å². The second kappa shape index (κ2) is 11.1. The summed E-state index contributed by atoms with van der Waals surface area (Å²) in [6.07, 6.45) is -5.36. The van der Waals surface area contributed by atoms with Crippen molar-refractivity contribution in [2.24, 2.45) is 0 Å². The van der Waals surface area contributed by atoms with Gasteiger partial charge in [0.1, 0.15) is 17.4 Å². The molecule has 1 aliphatic rings. The van der Waals surface area contributed by atoms with E-state index in [-0.39, 0.29) is 42.1 Å². The highest BCUT2D eigenvalue weighted by Crippen LogP contribution is 2.38. The van der Waals surface area contributed by atoms with Crippen molar-refractivity contribution in [1.29, 1.82) is 0 Å². The van der Waals surface area contributed by atoms with E-state index in [0.717, 1.165) is 12.1 Å². The number of allylic oxidation sites excluding steroid dienone is 1. The number of hydrogen-bond donors (Lipinski definition) is 0. The quantitative estimate of drug-likeness (QED) is 0.219. The second-order valence-electron chi connectivity index (χ2n) is 8.85. The normalized spacial score (nSPS) is 18.8. The van der Waals surface area contributed by atoms with E-state index >= 15 is 0 Å². The van der Waals surface area contributed by atoms with Crippen LogP contribution in [0.1, 0.15) is 43.2 Å². The molecule has 202 valence electrons. The Morgan fingerprint density at radius 1 is 0.895 bits per heavy atom. The minimum atomic E-state index is -3.83. The van der Waals surface area contributed by atoms with Gasteiger partial charge in [-0.15, -0.1) is 0 Å². The maximum atomic E-state index is 14.8. The highest BCUT2D eigenvalue weighted by Gasteiger charge is 2.45. The van der Waals surface area contributed by atoms with Crippen molar-refractivity contribution in [2.45, 2.75) is 44.3 Å². The first kappa shape index (κ1) is 27.6. The molecular weight excluding hydrogens is 520 g/mol. The number of benzene rings is 3. The molecule has 3 aromatic carbocycles. The number of rotatable bonds is 7. The molecule has 3 aromatic rings. The minimum absolute atomic E-state index is 0.0767. The van der Waals surface area contributed by atoms with Crippen LogP contribution in [0.4, 0.5) is 35.1 Å². The summed E-state index contributed by atoms with van der Waals surface area (Å²) in [4.78, 5) is 0. The lowest BCUT2D eigenvalue weighted by Gasteiger charge is -2.33. The van der Waals surface area contributed by atoms with E-state index in [4.69, 9.17) is 9.47 Å². The second-order valence-corrected chi connectivity index (χ2v) is 8.85. The molecule has 38 heavy (non-hydrogen) atoms. The first-order valence-electron chi connectivity index (χ1n) is 11.8. The van der Waals surface area contributed by atoms with E-state index in [9.17, 15) is 35.1 Å². The van der Waals surface area contributed by atoms with Crippen molar-refractivity contribution < 1.29 is 44.6 Å². The SMILES string of the molecule is CC/C(F)=C(\F)c1ccc(C2CCC(C(F)(F)Oc3ccc(-c4cc(F)c(F)c(F)c4)c(F)c3)OC2)cc1. The predicted molar refractivity (Wildman–Crippen MR) is 125 cm³/mol. The van der Waals surface area contributed by atoms with Gasteiger partial charge in [0.05, 0.1) is 6.61 Å². The number of halogens is 8. The molecule has 0 spiro atoms. The monoisotopic (exact) mass is 542 g/mol. The van der Waals surface area contributed by atoms with E-state index in [0.29, 0.717) is 30.2 Å². The molecule has 1 heterocycles. The van der Waals surface area contributed by atoms with Crippen LogP contribution in [0.25, 0.3) is 17.0 Å². The van der Waals surface area contributed by atoms with Crippen LogP contribution >= 0.6 is 0 Å². The van der Waals surface area contributed by atoms with Crippen molar-refractivity contribution in [3.8, 4) is 16.9 Å². The molecule has 0 radical (unpaired) electrons. The van der Waals surface area contributed by atoms with Crippen molar-refractivity contribution in [1.82, 2.24) is 0 Å². The number of alkyl halides is 2. The number of hydrogen-bond acceptors (Lipinski definition) is 2. The third kappa shape index (κ3) is 5.85. The first-order chi connectivity index (χ1) is 18.0. The standard InChI is InChI=1S/C28H22F8O2/c1-2-21(29)26(33)16-5-3-15(4-6-16)17-7-10-25(37-14-17)28(35,36)38-19-8-9-20(22(30)13-19)18-11-23(31)27(34)24(32)12-18/h3-6,8-9,11-13,17,25H,2,7,10,14H2,1H3/b26-21+. The highest BCUT2D eigenvalue weighted by molar-refractivity contribution is 5.65. The van der Waals surface area contributed by atoms with Crippen LogP contribution in [0.2, 0.25) is 0 Å². The lowest BCUT2D eigenvalue weighted by Crippen LogP contribution is -2.44. The Bertz CT molecular complexity index is 1310. The third-order valence-corrected chi connectivity index (χ3v) is 6.32. The van der Waals surface area contributed by atoms with Gasteiger partial charge in [-0.1, -0.05) is 31.2 Å². The molecule has 0 N–H and O–H groups in total. The Labute approximate surface area is 213 Å². The molecule has 2 atom stereocenters. The molecule has 1 saturated heterocycles. The Hall–Kier alpha value is -3.40. The average molecular weight is 542 g/mol. The third-order valence-electron chi connectivity index (χ3n) is 6.32. The van der Waals surface area contributed by atoms with E-state index < -0.39 is 52.9 Å². The van der Waals surface area contributed by atoms with Gasteiger partial charge >= 0.3 is 6.11 Å². The van der Waals surface area contributed by atoms with Crippen LogP contribution in [-0.4, -0.2) is 18.8 Å². The molecule has 10 heteroatoms. The lowest BCUT2D eigenvalue weighted by atomic mass is 9.90. The fourth-order valence-corrected chi connectivity index (χ4v) is 4.22. The molecular formula is C28H22F8O2. The molecule has 2 nitrogen and oxygen atoms in total. The average Bonchev–Trinajstić information content (AvgIpc) is 2.90. The topological polar surface area (TPSA) is 18.5 Å². The smallest absolute Gasteiger partial charge is 0.424 e. The summed E-state index contributed by atoms with van der Waals surface area (Å²) >= 11 is 0. The fraction of sp³-hybridized carbons (Fsp3) is 0.286. The highest BCUT2D eigenvalue weighted by atomic mass is 19.3. The molecule has 4 rings (SSSR count). The van der Waals surface area contributed by atoms with Crippen LogP contribution < -0.4 is 4.74 Å². The van der Waals surface area contributed by atoms with Crippen molar-refractivity contribution in [3.05, 3.63) is 94.8 Å². The first-order valence-corrected chi connectivity index (χ1v) is 11.8. The van der Waals surface area contributed by atoms with Gasteiger partial charge in [-0.3, -0.25) is 0 Å². The van der Waals surface area contributed by atoms with Crippen LogP contribution in [0.15, 0.2) is 60.4 Å². The molecule has 0 aromatic heterocycles. The molecule has 1 fully saturated rings. The Morgan fingerprint density at radius 2 is 1.55 bits per heavy atom. The van der Waals surface area contributed by atoms with Gasteiger partial charge < -0.3 is 9.47 Å². The van der Waals surface area contributed by atoms with E-state index in [1.807, 2.05) is 0 Å². The van der Waals surface area contributed by atoms with Crippen LogP contribution in [0.5, 0.6) is 5.75 Å². The molecule has 0 aliphatic carbocycles. The minimum Gasteiger partial charge on any atom is -0.431 e. The van der Waals surface area contributed by atoms with Gasteiger partial charge in [0.25, 0.3) is 0 Å². The summed E-state index contributed by atoms with van der Waals surface area (Å²) in [6, 6.07) is 9.78. The van der Waals surface area contributed by atoms with Crippen molar-refractivity contribution in [2.75, 3.05) is 6.61 Å². The van der Waals surface area contributed by atoms with Crippen molar-refractivity contribution in [3.63, 3.8) is 0 Å². The summed E-state index contributed by atoms with van der Waals surface area (Å²) < 4.78 is 122. The summed E-state index contributed by atoms with van der Waals surface area (Å²) in [7, 11) is 0. The molecule has 0 amide bonds. The lowest BCUT2D eigenvalue weighted by molar-refractivity contribution is -0.262. The van der Waals surface area contributed by atoms with Gasteiger partial charge in [-0.05, 0) is 54.7 Å². The van der Waals surface area contributed by atoms with Gasteiger partial charge in [-0.2, -0.15) is 8.78 Å². The van der Waals surface area contributed by atoms with E-state index in [1.54, 1.807) is 12.1 Å². The van der Waals surface area contributed by atoms with Crippen LogP contribution in [-0.2, 0) is 4.74 Å². The van der Waals surface area contributed by atoms with Gasteiger partial charge in [-0.25, -0.2) is 26.3 Å². The molecule has 2 unspecified atom stereocenters. The molecule has 0 bridgehead atoms.